The molecule has 2 amide bonds. The van der Waals surface area contributed by atoms with Crippen molar-refractivity contribution in [2.45, 2.75) is 89.9 Å². The molecule has 2 heterocycles. The molecule has 12 nitrogen and oxygen atoms in total. The van der Waals surface area contributed by atoms with Crippen molar-refractivity contribution in [2.75, 3.05) is 45.8 Å². The molecule has 50 heavy (non-hydrogen) atoms. The third kappa shape index (κ3) is 14.9. The number of morpholine rings is 2. The van der Waals surface area contributed by atoms with Crippen LogP contribution in [0, 0.1) is 0 Å². The normalized spacial score (nSPS) is 21.6. The molecule has 15 heteroatoms. The van der Waals surface area contributed by atoms with Crippen LogP contribution in [0.3, 0.4) is 0 Å². The fraction of sp³-hybridized carbons (Fsp3) is 0.600. The zero-order chi connectivity index (χ0) is 37.3. The molecular weight excluding hydrogens is 711 g/mol. The number of amides is 2. The maximum Gasteiger partial charge on any atom is 0.410 e. The average molecular weight is 762 g/mol. The van der Waals surface area contributed by atoms with Gasteiger partial charge in [0.1, 0.15) is 17.3 Å². The predicted molar refractivity (Wildman–Crippen MR) is 191 cm³/mol. The van der Waals surface area contributed by atoms with Gasteiger partial charge in [0, 0.05) is 10.0 Å². The lowest BCUT2D eigenvalue weighted by atomic mass is 10.0. The molecule has 2 aromatic carbocycles. The lowest BCUT2D eigenvalue weighted by Crippen LogP contribution is -2.55. The Kier molecular flexibility index (Phi) is 15.2. The minimum absolute atomic E-state index is 0.118. The molecule has 4 atom stereocenters. The summed E-state index contributed by atoms with van der Waals surface area (Å²) in [6, 6.07) is 14.5. The highest BCUT2D eigenvalue weighted by Crippen LogP contribution is 2.23. The second kappa shape index (κ2) is 18.2. The van der Waals surface area contributed by atoms with E-state index in [2.05, 4.69) is 0 Å². The van der Waals surface area contributed by atoms with Gasteiger partial charge in [-0.3, -0.25) is 14.0 Å². The van der Waals surface area contributed by atoms with Crippen molar-refractivity contribution in [3.05, 3.63) is 69.7 Å². The molecule has 2 fully saturated rings. The molecule has 0 bridgehead atoms. The maximum atomic E-state index is 12.7. The number of ether oxygens (including phenoxy) is 4. The molecule has 0 spiro atoms. The average Bonchev–Trinajstić information content (AvgIpc) is 3.01. The highest BCUT2D eigenvalue weighted by atomic mass is 35.5. The van der Waals surface area contributed by atoms with Crippen molar-refractivity contribution in [1.29, 1.82) is 0 Å². The largest absolute Gasteiger partial charge is 0.444 e. The molecule has 280 valence electrons. The summed E-state index contributed by atoms with van der Waals surface area (Å²) in [4.78, 5) is 28.4. The Bertz CT molecular complexity index is 1500. The molecule has 0 saturated carbocycles. The summed E-state index contributed by atoms with van der Waals surface area (Å²) in [6.07, 6.45) is 0.431. The van der Waals surface area contributed by atoms with Crippen LogP contribution in [0.5, 0.6) is 0 Å². The summed E-state index contributed by atoms with van der Waals surface area (Å²) < 4.78 is 49.6. The van der Waals surface area contributed by atoms with E-state index in [4.69, 9.17) is 46.3 Å². The van der Waals surface area contributed by atoms with Gasteiger partial charge in [0.05, 0.1) is 64.0 Å². The predicted octanol–water partition coefficient (Wildman–Crippen LogP) is 5.74. The maximum absolute atomic E-state index is 12.7. The van der Waals surface area contributed by atoms with E-state index < -0.39 is 33.5 Å². The molecule has 2 saturated heterocycles. The minimum atomic E-state index is -3.58. The summed E-state index contributed by atoms with van der Waals surface area (Å²) in [5.41, 5.74) is 0.875. The van der Waals surface area contributed by atoms with Crippen LogP contribution in [0.2, 0.25) is 10.0 Å². The number of halogens is 2. The molecule has 2 aliphatic rings. The number of hydrogen-bond donors (Lipinski definition) is 1. The smallest absolute Gasteiger partial charge is 0.410 e. The van der Waals surface area contributed by atoms with Gasteiger partial charge in [-0.05, 0) is 89.8 Å². The number of carbonyl (C=O) groups is 2. The first kappa shape index (κ1) is 41.8. The molecular formula is C35H50Cl2N2O10S. The Labute approximate surface area is 306 Å². The standard InChI is InChI=1S/C18H26ClNO6S.C17H24ClNO4/c1-18(2,3)26-17(21)20-10-16(12-25-27(4,22)23)24-11-15(20)9-13-5-7-14(19)8-6-13;1-17(2,3)23-16(21)19-9-15(10-20)22-11-14(19)8-12-4-6-13(18)7-5-12/h5-8,15-16H,9-12H2,1-4H3;4-7,14-15,20H,8-11H2,1-3H3/t15-,16+;14-,15+/m00/s1. The van der Waals surface area contributed by atoms with E-state index in [1.165, 1.54) is 0 Å². The SMILES string of the molecule is CC(C)(C)OC(=O)N1C[C@H](CO)OC[C@@H]1Cc1ccc(Cl)cc1.CC(C)(C)OC(=O)N1C[C@H](COS(C)(=O)=O)OC[C@@H]1Cc1ccc(Cl)cc1. The number of hydrogen-bond acceptors (Lipinski definition) is 10. The summed E-state index contributed by atoms with van der Waals surface area (Å²) in [6.45, 7) is 11.8. The first-order valence-corrected chi connectivity index (χ1v) is 18.9. The summed E-state index contributed by atoms with van der Waals surface area (Å²) in [5, 5.41) is 10.6. The van der Waals surface area contributed by atoms with Crippen molar-refractivity contribution in [3.8, 4) is 0 Å². The summed E-state index contributed by atoms with van der Waals surface area (Å²) in [7, 11) is -3.58. The lowest BCUT2D eigenvalue weighted by molar-refractivity contribution is -0.0843. The second-order valence-electron chi connectivity index (χ2n) is 14.3. The Morgan fingerprint density at radius 2 is 1.14 bits per heavy atom. The zero-order valence-corrected chi connectivity index (χ0v) is 32.1. The molecule has 0 unspecified atom stereocenters. The fourth-order valence-corrected chi connectivity index (χ4v) is 5.79. The van der Waals surface area contributed by atoms with Crippen molar-refractivity contribution < 1.29 is 46.2 Å². The van der Waals surface area contributed by atoms with E-state index in [0.29, 0.717) is 36.0 Å². The monoisotopic (exact) mass is 760 g/mol. The van der Waals surface area contributed by atoms with Crippen molar-refractivity contribution >= 4 is 45.5 Å². The highest BCUT2D eigenvalue weighted by Gasteiger charge is 2.36. The summed E-state index contributed by atoms with van der Waals surface area (Å²) in [5.74, 6) is 0. The number of carbonyl (C=O) groups excluding carboxylic acids is 2. The van der Waals surface area contributed by atoms with Gasteiger partial charge in [-0.15, -0.1) is 0 Å². The van der Waals surface area contributed by atoms with Crippen LogP contribution in [0.25, 0.3) is 0 Å². The Morgan fingerprint density at radius 1 is 0.760 bits per heavy atom. The molecule has 2 aromatic rings. The van der Waals surface area contributed by atoms with Crippen LogP contribution in [0.15, 0.2) is 48.5 Å². The van der Waals surface area contributed by atoms with Gasteiger partial charge in [0.15, 0.2) is 0 Å². The van der Waals surface area contributed by atoms with E-state index in [1.807, 2.05) is 57.2 Å². The molecule has 0 aromatic heterocycles. The highest BCUT2D eigenvalue weighted by molar-refractivity contribution is 7.85. The van der Waals surface area contributed by atoms with Gasteiger partial charge in [-0.1, -0.05) is 47.5 Å². The first-order valence-electron chi connectivity index (χ1n) is 16.4. The molecule has 0 aliphatic carbocycles. The number of benzene rings is 2. The van der Waals surface area contributed by atoms with Crippen LogP contribution < -0.4 is 0 Å². The van der Waals surface area contributed by atoms with E-state index in [0.717, 1.165) is 17.4 Å². The van der Waals surface area contributed by atoms with Gasteiger partial charge in [-0.25, -0.2) is 9.59 Å². The van der Waals surface area contributed by atoms with Crippen molar-refractivity contribution in [3.63, 3.8) is 0 Å². The lowest BCUT2D eigenvalue weighted by Gasteiger charge is -2.40. The van der Waals surface area contributed by atoms with Crippen LogP contribution in [0.1, 0.15) is 52.7 Å². The first-order chi connectivity index (χ1) is 23.2. The van der Waals surface area contributed by atoms with E-state index in [1.54, 1.807) is 42.7 Å². The van der Waals surface area contributed by atoms with E-state index >= 15 is 0 Å². The van der Waals surface area contributed by atoms with Crippen molar-refractivity contribution in [2.24, 2.45) is 0 Å². The third-order valence-corrected chi connectivity index (χ3v) is 8.50. The third-order valence-electron chi connectivity index (χ3n) is 7.43. The van der Waals surface area contributed by atoms with Gasteiger partial charge in [-0.2, -0.15) is 8.42 Å². The fourth-order valence-electron chi connectivity index (χ4n) is 5.14. The number of aliphatic hydroxyl groups is 1. The molecule has 4 rings (SSSR count). The zero-order valence-electron chi connectivity index (χ0n) is 29.8. The summed E-state index contributed by atoms with van der Waals surface area (Å²) >= 11 is 11.8. The van der Waals surface area contributed by atoms with Crippen molar-refractivity contribution in [1.82, 2.24) is 9.80 Å². The Morgan fingerprint density at radius 3 is 1.50 bits per heavy atom. The number of rotatable bonds is 8. The molecule has 1 N–H and O–H groups in total. The number of aliphatic hydroxyl groups excluding tert-OH is 1. The molecule has 2 aliphatic heterocycles. The van der Waals surface area contributed by atoms with E-state index in [-0.39, 0.29) is 50.6 Å². The van der Waals surface area contributed by atoms with Gasteiger partial charge < -0.3 is 24.1 Å². The Balaban J connectivity index is 0.000000274. The second-order valence-corrected chi connectivity index (χ2v) is 16.8. The van der Waals surface area contributed by atoms with Crippen LogP contribution in [0.4, 0.5) is 9.59 Å². The minimum Gasteiger partial charge on any atom is -0.444 e. The van der Waals surface area contributed by atoms with Gasteiger partial charge >= 0.3 is 12.2 Å². The van der Waals surface area contributed by atoms with Crippen LogP contribution >= 0.6 is 23.2 Å². The number of nitrogens with zero attached hydrogens (tertiary/aromatic N) is 2. The van der Waals surface area contributed by atoms with Crippen LogP contribution in [-0.2, 0) is 46.1 Å². The van der Waals surface area contributed by atoms with Crippen LogP contribution in [-0.4, -0.2) is 117 Å². The molecule has 0 radical (unpaired) electrons. The quantitative estimate of drug-likeness (QED) is 0.331. The van der Waals surface area contributed by atoms with Gasteiger partial charge in [0.25, 0.3) is 10.1 Å². The van der Waals surface area contributed by atoms with Gasteiger partial charge in [0.2, 0.25) is 0 Å². The topological polar surface area (TPSA) is 141 Å². The van der Waals surface area contributed by atoms with E-state index in [9.17, 15) is 23.1 Å². The Hall–Kier alpha value is -2.65.